The van der Waals surface area contributed by atoms with Gasteiger partial charge in [-0.15, -0.1) is 0 Å². The van der Waals surface area contributed by atoms with E-state index in [1.165, 1.54) is 12.8 Å². The Morgan fingerprint density at radius 3 is 2.72 bits per heavy atom. The highest BCUT2D eigenvalue weighted by molar-refractivity contribution is 7.71. The van der Waals surface area contributed by atoms with Gasteiger partial charge in [0.25, 0.3) is 0 Å². The lowest BCUT2D eigenvalue weighted by molar-refractivity contribution is 0.479. The Morgan fingerprint density at radius 1 is 1.39 bits per heavy atom. The van der Waals surface area contributed by atoms with Gasteiger partial charge in [0.2, 0.25) is 0 Å². The van der Waals surface area contributed by atoms with E-state index in [0.717, 1.165) is 34.6 Å². The van der Waals surface area contributed by atoms with Crippen LogP contribution in [0.4, 0.5) is 0 Å². The van der Waals surface area contributed by atoms with Crippen molar-refractivity contribution in [1.82, 2.24) is 19.3 Å². The minimum Gasteiger partial charge on any atom is -0.328 e. The first-order valence-corrected chi connectivity index (χ1v) is 7.18. The molecule has 2 aromatic rings. The van der Waals surface area contributed by atoms with E-state index in [1.54, 1.807) is 0 Å². The van der Waals surface area contributed by atoms with E-state index in [1.807, 2.05) is 11.6 Å². The summed E-state index contributed by atoms with van der Waals surface area (Å²) in [6.45, 7) is 9.47. The molecule has 0 aliphatic heterocycles. The Bertz CT molecular complexity index is 590. The zero-order valence-electron chi connectivity index (χ0n) is 11.7. The number of H-pyrrole nitrogens is 1. The number of nitrogens with zero attached hydrogens (tertiary/aromatic N) is 3. The van der Waals surface area contributed by atoms with Crippen molar-refractivity contribution in [2.75, 3.05) is 0 Å². The number of fused-ring (bicyclic) bond motifs is 1. The van der Waals surface area contributed by atoms with Crippen LogP contribution in [0, 0.1) is 11.7 Å². The summed E-state index contributed by atoms with van der Waals surface area (Å²) in [6.07, 6.45) is 3.61. The minimum absolute atomic E-state index is 0.424. The lowest BCUT2D eigenvalue weighted by Gasteiger charge is -2.14. The third-order valence-electron chi connectivity index (χ3n) is 3.50. The van der Waals surface area contributed by atoms with Crippen LogP contribution >= 0.6 is 12.2 Å². The number of nitrogens with one attached hydrogen (secondary N) is 1. The second kappa shape index (κ2) is 5.26. The van der Waals surface area contributed by atoms with Crippen LogP contribution in [-0.2, 0) is 6.54 Å². The van der Waals surface area contributed by atoms with E-state index in [4.69, 9.17) is 12.2 Å². The Balaban J connectivity index is 2.55. The molecule has 4 nitrogen and oxygen atoms in total. The number of hydrogen-bond donors (Lipinski definition) is 1. The van der Waals surface area contributed by atoms with Gasteiger partial charge >= 0.3 is 0 Å². The highest BCUT2D eigenvalue weighted by atomic mass is 32.1. The van der Waals surface area contributed by atoms with E-state index in [9.17, 15) is 0 Å². The van der Waals surface area contributed by atoms with Crippen LogP contribution in [0.1, 0.15) is 51.8 Å². The normalized spacial score (nSPS) is 13.3. The van der Waals surface area contributed by atoms with Gasteiger partial charge in [0.15, 0.2) is 10.4 Å². The van der Waals surface area contributed by atoms with Crippen molar-refractivity contribution in [3.63, 3.8) is 0 Å². The zero-order valence-corrected chi connectivity index (χ0v) is 12.5. The van der Waals surface area contributed by atoms with Crippen LogP contribution in [0.5, 0.6) is 0 Å². The lowest BCUT2D eigenvalue weighted by atomic mass is 10.1. The number of aryl methyl sites for hydroxylation is 2. The summed E-state index contributed by atoms with van der Waals surface area (Å²) in [5.74, 6) is 0. The molecule has 0 aliphatic carbocycles. The highest BCUT2D eigenvalue weighted by Gasteiger charge is 2.17. The Kier molecular flexibility index (Phi) is 3.90. The summed E-state index contributed by atoms with van der Waals surface area (Å²) in [4.78, 5) is 3.30. The number of aromatic nitrogens is 4. The van der Waals surface area contributed by atoms with E-state index in [-0.39, 0.29) is 0 Å². The maximum Gasteiger partial charge on any atom is 0.179 e. The van der Waals surface area contributed by atoms with Crippen molar-refractivity contribution in [2.24, 2.45) is 0 Å². The predicted molar refractivity (Wildman–Crippen MR) is 77.6 cm³/mol. The monoisotopic (exact) mass is 266 g/mol. The number of unbranched alkanes of at least 4 members (excludes halogenated alkanes) is 1. The summed E-state index contributed by atoms with van der Waals surface area (Å²) >= 11 is 5.47. The smallest absolute Gasteiger partial charge is 0.179 e. The molecule has 1 N–H and O–H groups in total. The zero-order chi connectivity index (χ0) is 13.3. The Hall–Kier alpha value is -1.10. The first-order valence-electron chi connectivity index (χ1n) is 6.77. The molecule has 0 saturated carbocycles. The van der Waals surface area contributed by atoms with Gasteiger partial charge in [-0.05, 0) is 39.4 Å². The molecule has 1 unspecified atom stereocenters. The number of imidazole rings is 1. The molecular formula is C13H22N4S. The molecule has 2 heterocycles. The van der Waals surface area contributed by atoms with Crippen molar-refractivity contribution < 1.29 is 0 Å². The van der Waals surface area contributed by atoms with Crippen LogP contribution < -0.4 is 0 Å². The Morgan fingerprint density at radius 2 is 2.11 bits per heavy atom. The molecule has 0 fully saturated rings. The molecule has 1 atom stereocenters. The van der Waals surface area contributed by atoms with E-state index >= 15 is 0 Å². The fraction of sp³-hybridized carbons (Fsp3) is 0.692. The topological polar surface area (TPSA) is 38.5 Å². The van der Waals surface area contributed by atoms with Crippen LogP contribution in [0.3, 0.4) is 0 Å². The van der Waals surface area contributed by atoms with Crippen LogP contribution in [0.25, 0.3) is 11.2 Å². The van der Waals surface area contributed by atoms with Crippen molar-refractivity contribution in [3.05, 3.63) is 10.5 Å². The van der Waals surface area contributed by atoms with Gasteiger partial charge in [-0.1, -0.05) is 19.8 Å². The van der Waals surface area contributed by atoms with Gasteiger partial charge in [0.05, 0.1) is 5.69 Å². The minimum atomic E-state index is 0.424. The van der Waals surface area contributed by atoms with Crippen LogP contribution in [-0.4, -0.2) is 19.3 Å². The highest BCUT2D eigenvalue weighted by Crippen LogP contribution is 2.24. The molecule has 2 rings (SSSR count). The quantitative estimate of drug-likeness (QED) is 0.831. The standard InChI is InChI=1S/C13H22N4S/c1-5-7-8-9(3)17-12-11(14-13(17)18)10(4)15-16(12)6-2/h9H,5-8H2,1-4H3,(H,14,18). The summed E-state index contributed by atoms with van der Waals surface area (Å²) in [5.41, 5.74) is 3.26. The van der Waals surface area contributed by atoms with Crippen molar-refractivity contribution >= 4 is 23.4 Å². The maximum atomic E-state index is 5.47. The van der Waals surface area contributed by atoms with Crippen LogP contribution in [0.2, 0.25) is 0 Å². The molecule has 2 aromatic heterocycles. The average Bonchev–Trinajstić information content (AvgIpc) is 2.83. The van der Waals surface area contributed by atoms with Gasteiger partial charge in [-0.3, -0.25) is 4.57 Å². The molecule has 5 heteroatoms. The number of aromatic amines is 1. The largest absolute Gasteiger partial charge is 0.328 e. The molecule has 0 spiro atoms. The molecule has 18 heavy (non-hydrogen) atoms. The number of rotatable bonds is 5. The first kappa shape index (κ1) is 13.3. The van der Waals surface area contributed by atoms with Gasteiger partial charge in [-0.25, -0.2) is 4.68 Å². The molecule has 0 saturated heterocycles. The van der Waals surface area contributed by atoms with Gasteiger partial charge in [0, 0.05) is 12.6 Å². The summed E-state index contributed by atoms with van der Waals surface area (Å²) < 4.78 is 5.08. The molecule has 0 bridgehead atoms. The maximum absolute atomic E-state index is 5.47. The molecular weight excluding hydrogens is 244 g/mol. The van der Waals surface area contributed by atoms with Gasteiger partial charge < -0.3 is 4.98 Å². The van der Waals surface area contributed by atoms with Crippen molar-refractivity contribution in [2.45, 2.75) is 59.5 Å². The molecule has 0 radical (unpaired) electrons. The molecule has 100 valence electrons. The molecule has 0 amide bonds. The van der Waals surface area contributed by atoms with Gasteiger partial charge in [-0.2, -0.15) is 5.10 Å². The fourth-order valence-corrected chi connectivity index (χ4v) is 2.85. The van der Waals surface area contributed by atoms with Crippen molar-refractivity contribution in [1.29, 1.82) is 0 Å². The fourth-order valence-electron chi connectivity index (χ4n) is 2.48. The third-order valence-corrected chi connectivity index (χ3v) is 3.79. The van der Waals surface area contributed by atoms with Gasteiger partial charge in [0.1, 0.15) is 5.52 Å². The SMILES string of the molecule is CCCCC(C)n1c(=S)[nH]c2c(C)nn(CC)c21. The summed E-state index contributed by atoms with van der Waals surface area (Å²) in [6, 6.07) is 0.424. The summed E-state index contributed by atoms with van der Waals surface area (Å²) in [5, 5.41) is 4.55. The summed E-state index contributed by atoms with van der Waals surface area (Å²) in [7, 11) is 0. The molecule has 0 aliphatic rings. The van der Waals surface area contributed by atoms with E-state index in [0.29, 0.717) is 6.04 Å². The van der Waals surface area contributed by atoms with E-state index in [2.05, 4.69) is 35.4 Å². The molecule has 0 aromatic carbocycles. The predicted octanol–water partition coefficient (Wildman–Crippen LogP) is 3.97. The second-order valence-corrected chi connectivity index (χ2v) is 5.28. The van der Waals surface area contributed by atoms with E-state index < -0.39 is 0 Å². The Labute approximate surface area is 113 Å². The lowest BCUT2D eigenvalue weighted by Crippen LogP contribution is -2.09. The van der Waals surface area contributed by atoms with Crippen molar-refractivity contribution in [3.8, 4) is 0 Å². The third kappa shape index (κ3) is 2.11. The van der Waals surface area contributed by atoms with Crippen LogP contribution in [0.15, 0.2) is 0 Å². The number of hydrogen-bond acceptors (Lipinski definition) is 2. The second-order valence-electron chi connectivity index (χ2n) is 4.89. The average molecular weight is 266 g/mol. The first-order chi connectivity index (χ1) is 8.60.